The second kappa shape index (κ2) is 6.23. The van der Waals surface area contributed by atoms with Crippen LogP contribution in [0.1, 0.15) is 8.30 Å². The van der Waals surface area contributed by atoms with E-state index in [2.05, 4.69) is 5.92 Å². The second-order valence-electron chi connectivity index (χ2n) is 3.39. The lowest BCUT2D eigenvalue weighted by Crippen LogP contribution is -2.36. The number of likely N-dealkylation sites (N-methyl/N-ethyl adjacent to an activating group) is 1. The van der Waals surface area contributed by atoms with E-state index in [0.717, 1.165) is 5.56 Å². The number of aliphatic hydroxyl groups excluding tert-OH is 1. The predicted octanol–water partition coefficient (Wildman–Crippen LogP) is 1.16. The summed E-state index contributed by atoms with van der Waals surface area (Å²) in [6, 6.07) is 9.31. The van der Waals surface area contributed by atoms with Gasteiger partial charge in [0, 0.05) is 6.04 Å². The SMILES string of the molecule is [2H]C([2H])(C#C)N(C)C(CO)Cc1ccccc1. The molecular formula is C13H17NO. The van der Waals surface area contributed by atoms with Crippen molar-refractivity contribution in [2.75, 3.05) is 20.2 Å². The number of rotatable bonds is 5. The van der Waals surface area contributed by atoms with Gasteiger partial charge in [0.2, 0.25) is 0 Å². The molecule has 80 valence electrons. The Morgan fingerprint density at radius 2 is 2.20 bits per heavy atom. The van der Waals surface area contributed by atoms with Gasteiger partial charge in [-0.1, -0.05) is 36.3 Å². The first-order valence-corrected chi connectivity index (χ1v) is 4.86. The smallest absolute Gasteiger partial charge is 0.0599 e. The molecule has 0 aliphatic carbocycles. The van der Waals surface area contributed by atoms with Gasteiger partial charge in [0.25, 0.3) is 0 Å². The van der Waals surface area contributed by atoms with Crippen LogP contribution in [0, 0.1) is 12.3 Å². The van der Waals surface area contributed by atoms with Crippen molar-refractivity contribution < 1.29 is 7.85 Å². The fourth-order valence-electron chi connectivity index (χ4n) is 1.40. The van der Waals surface area contributed by atoms with E-state index in [-0.39, 0.29) is 12.6 Å². The van der Waals surface area contributed by atoms with Crippen molar-refractivity contribution in [3.8, 4) is 12.3 Å². The van der Waals surface area contributed by atoms with Crippen molar-refractivity contribution in [1.29, 1.82) is 0 Å². The highest BCUT2D eigenvalue weighted by Crippen LogP contribution is 2.06. The third-order valence-corrected chi connectivity index (χ3v) is 2.31. The monoisotopic (exact) mass is 205 g/mol. The van der Waals surface area contributed by atoms with Crippen LogP contribution in [0.15, 0.2) is 30.3 Å². The Morgan fingerprint density at radius 3 is 2.73 bits per heavy atom. The Hall–Kier alpha value is -1.30. The van der Waals surface area contributed by atoms with Crippen LogP contribution in [0.4, 0.5) is 0 Å². The molecule has 0 spiro atoms. The van der Waals surface area contributed by atoms with Crippen LogP contribution in [0.3, 0.4) is 0 Å². The highest BCUT2D eigenvalue weighted by atomic mass is 16.3. The lowest BCUT2D eigenvalue weighted by Gasteiger charge is -2.24. The minimum atomic E-state index is -1.85. The molecule has 15 heavy (non-hydrogen) atoms. The quantitative estimate of drug-likeness (QED) is 0.729. The lowest BCUT2D eigenvalue weighted by atomic mass is 10.1. The molecule has 0 bridgehead atoms. The van der Waals surface area contributed by atoms with E-state index in [1.165, 1.54) is 4.90 Å². The van der Waals surface area contributed by atoms with Crippen LogP contribution >= 0.6 is 0 Å². The molecule has 1 aromatic rings. The first-order chi connectivity index (χ1) is 8.01. The summed E-state index contributed by atoms with van der Waals surface area (Å²) >= 11 is 0. The molecule has 0 saturated carbocycles. The van der Waals surface area contributed by atoms with Crippen molar-refractivity contribution in [1.82, 2.24) is 4.90 Å². The molecule has 0 fully saturated rings. The zero-order valence-electron chi connectivity index (χ0n) is 10.9. The van der Waals surface area contributed by atoms with E-state index in [9.17, 15) is 5.11 Å². The van der Waals surface area contributed by atoms with E-state index >= 15 is 0 Å². The summed E-state index contributed by atoms with van der Waals surface area (Å²) in [5, 5.41) is 9.34. The largest absolute Gasteiger partial charge is 0.395 e. The summed E-state index contributed by atoms with van der Waals surface area (Å²) in [6.45, 7) is -1.98. The molecule has 1 atom stereocenters. The third kappa shape index (κ3) is 3.75. The number of hydrogen-bond acceptors (Lipinski definition) is 2. The van der Waals surface area contributed by atoms with Gasteiger partial charge in [0.1, 0.15) is 0 Å². The average molecular weight is 205 g/mol. The average Bonchev–Trinajstić information content (AvgIpc) is 2.36. The molecule has 0 heterocycles. The molecule has 1 aromatic carbocycles. The summed E-state index contributed by atoms with van der Waals surface area (Å²) in [6.07, 6.45) is 5.71. The Balaban J connectivity index is 2.77. The summed E-state index contributed by atoms with van der Waals surface area (Å²) in [7, 11) is 1.59. The fraction of sp³-hybridized carbons (Fsp3) is 0.385. The van der Waals surface area contributed by atoms with Crippen LogP contribution in [-0.2, 0) is 6.42 Å². The van der Waals surface area contributed by atoms with Gasteiger partial charge >= 0.3 is 0 Å². The Bertz CT molecular complexity index is 386. The van der Waals surface area contributed by atoms with Crippen molar-refractivity contribution in [2.45, 2.75) is 12.5 Å². The first-order valence-electron chi connectivity index (χ1n) is 5.86. The Morgan fingerprint density at radius 1 is 1.53 bits per heavy atom. The van der Waals surface area contributed by atoms with Gasteiger partial charge in [0.05, 0.1) is 15.8 Å². The van der Waals surface area contributed by atoms with E-state index in [1.54, 1.807) is 7.05 Å². The summed E-state index contributed by atoms with van der Waals surface area (Å²) in [5.41, 5.74) is 1.05. The maximum atomic E-state index is 9.34. The van der Waals surface area contributed by atoms with Crippen molar-refractivity contribution in [3.05, 3.63) is 35.9 Å². The molecule has 2 nitrogen and oxygen atoms in total. The van der Waals surface area contributed by atoms with Gasteiger partial charge in [-0.3, -0.25) is 4.90 Å². The molecule has 0 amide bonds. The second-order valence-corrected chi connectivity index (χ2v) is 3.39. The molecule has 1 N–H and O–H groups in total. The summed E-state index contributed by atoms with van der Waals surface area (Å²) in [4.78, 5) is 1.39. The van der Waals surface area contributed by atoms with E-state index < -0.39 is 6.50 Å². The fourth-order valence-corrected chi connectivity index (χ4v) is 1.40. The molecule has 0 radical (unpaired) electrons. The minimum Gasteiger partial charge on any atom is -0.395 e. The maximum Gasteiger partial charge on any atom is 0.0599 e. The summed E-state index contributed by atoms with van der Waals surface area (Å²) < 4.78 is 15.3. The number of nitrogens with zero attached hydrogens (tertiary/aromatic N) is 1. The molecule has 0 saturated heterocycles. The topological polar surface area (TPSA) is 23.5 Å². The first kappa shape index (κ1) is 8.96. The van der Waals surface area contributed by atoms with Crippen LogP contribution in [-0.4, -0.2) is 36.2 Å². The molecule has 1 unspecified atom stereocenters. The van der Waals surface area contributed by atoms with Gasteiger partial charge < -0.3 is 5.11 Å². The van der Waals surface area contributed by atoms with Gasteiger partial charge in [-0.2, -0.15) is 0 Å². The van der Waals surface area contributed by atoms with E-state index in [0.29, 0.717) is 6.42 Å². The zero-order valence-corrected chi connectivity index (χ0v) is 8.85. The molecule has 1 rings (SSSR count). The van der Waals surface area contributed by atoms with Crippen molar-refractivity contribution in [2.24, 2.45) is 0 Å². The number of hydrogen-bond donors (Lipinski definition) is 1. The number of benzene rings is 1. The predicted molar refractivity (Wildman–Crippen MR) is 62.5 cm³/mol. The maximum absolute atomic E-state index is 9.34. The Kier molecular flexibility index (Phi) is 3.73. The normalized spacial score (nSPS) is 15.3. The Labute approximate surface area is 94.3 Å². The van der Waals surface area contributed by atoms with Crippen LogP contribution in [0.25, 0.3) is 0 Å². The molecule has 0 aliphatic heterocycles. The highest BCUT2D eigenvalue weighted by Gasteiger charge is 2.12. The van der Waals surface area contributed by atoms with Crippen molar-refractivity contribution >= 4 is 0 Å². The van der Waals surface area contributed by atoms with Gasteiger partial charge in [-0.25, -0.2) is 0 Å². The third-order valence-electron chi connectivity index (χ3n) is 2.31. The van der Waals surface area contributed by atoms with E-state index in [1.807, 2.05) is 30.3 Å². The standard InChI is InChI=1S/C13H17NO/c1-3-9-14(2)13(11-15)10-12-7-5-4-6-8-12/h1,4-8,13,15H,9-11H2,2H3/i9D2. The van der Waals surface area contributed by atoms with Crippen LogP contribution < -0.4 is 0 Å². The van der Waals surface area contributed by atoms with Gasteiger partial charge in [-0.15, -0.1) is 6.42 Å². The minimum absolute atomic E-state index is 0.132. The molecule has 0 aromatic heterocycles. The van der Waals surface area contributed by atoms with Crippen LogP contribution in [0.5, 0.6) is 0 Å². The van der Waals surface area contributed by atoms with Crippen molar-refractivity contribution in [3.63, 3.8) is 0 Å². The molecule has 0 aliphatic rings. The lowest BCUT2D eigenvalue weighted by molar-refractivity contribution is 0.158. The summed E-state index contributed by atoms with van der Waals surface area (Å²) in [5.74, 6) is 2.09. The highest BCUT2D eigenvalue weighted by molar-refractivity contribution is 5.16. The number of aliphatic hydroxyl groups is 1. The molecular weight excluding hydrogens is 186 g/mol. The molecule has 2 heteroatoms. The van der Waals surface area contributed by atoms with Crippen LogP contribution in [0.2, 0.25) is 0 Å². The van der Waals surface area contributed by atoms with E-state index in [4.69, 9.17) is 9.16 Å². The van der Waals surface area contributed by atoms with Gasteiger partial charge in [-0.05, 0) is 19.0 Å². The zero-order chi connectivity index (χ0) is 12.9. The number of terminal acetylenes is 1. The van der Waals surface area contributed by atoms with Gasteiger partial charge in [0.15, 0.2) is 0 Å².